The maximum Gasteiger partial charge on any atom is 0.333 e. The predicted octanol–water partition coefficient (Wildman–Crippen LogP) is -1.23. The molecule has 102 valence electrons. The highest BCUT2D eigenvalue weighted by molar-refractivity contribution is 5.88. The van der Waals surface area contributed by atoms with Crippen LogP contribution in [0.25, 0.3) is 0 Å². The summed E-state index contributed by atoms with van der Waals surface area (Å²) in [5.41, 5.74) is 10.6. The minimum Gasteiger partial charge on any atom is -0.466 e. The number of esters is 1. The van der Waals surface area contributed by atoms with Crippen LogP contribution in [0.4, 0.5) is 0 Å². The van der Waals surface area contributed by atoms with E-state index in [2.05, 4.69) is 4.74 Å². The van der Waals surface area contributed by atoms with Gasteiger partial charge in [-0.15, -0.1) is 0 Å². The minimum atomic E-state index is -0.569. The molecule has 0 aromatic carbocycles. The SMILES string of the molecule is CCC(=CCN(CC(N)=O)CC(N)=O)C(=O)OC. The van der Waals surface area contributed by atoms with Gasteiger partial charge in [-0.25, -0.2) is 4.79 Å². The number of primary amides is 2. The van der Waals surface area contributed by atoms with Crippen molar-refractivity contribution < 1.29 is 19.1 Å². The summed E-state index contributed by atoms with van der Waals surface area (Å²) in [7, 11) is 1.29. The summed E-state index contributed by atoms with van der Waals surface area (Å²) < 4.78 is 4.59. The van der Waals surface area contributed by atoms with Crippen LogP contribution in [-0.2, 0) is 19.1 Å². The quantitative estimate of drug-likeness (QED) is 0.417. The Hall–Kier alpha value is -1.89. The standard InChI is InChI=1S/C11H19N3O4/c1-3-8(11(17)18-2)4-5-14(6-9(12)15)7-10(13)16/h4H,3,5-7H2,1-2H3,(H2,12,15)(H2,13,16). The van der Waals surface area contributed by atoms with E-state index in [1.54, 1.807) is 13.0 Å². The van der Waals surface area contributed by atoms with E-state index in [0.29, 0.717) is 12.0 Å². The molecule has 0 aliphatic carbocycles. The number of carbonyl (C=O) groups excluding carboxylic acids is 3. The zero-order valence-electron chi connectivity index (χ0n) is 10.6. The summed E-state index contributed by atoms with van der Waals surface area (Å²) in [6.45, 7) is 1.83. The molecule has 0 rings (SSSR count). The van der Waals surface area contributed by atoms with Gasteiger partial charge in [-0.05, 0) is 6.42 Å². The van der Waals surface area contributed by atoms with E-state index in [9.17, 15) is 14.4 Å². The fourth-order valence-electron chi connectivity index (χ4n) is 1.37. The molecule has 0 radical (unpaired) electrons. The van der Waals surface area contributed by atoms with Crippen molar-refractivity contribution in [2.45, 2.75) is 13.3 Å². The second-order valence-corrected chi connectivity index (χ2v) is 3.68. The minimum absolute atomic E-state index is 0.0996. The molecule has 0 aromatic heterocycles. The molecular formula is C11H19N3O4. The first-order valence-electron chi connectivity index (χ1n) is 5.47. The van der Waals surface area contributed by atoms with Crippen LogP contribution in [-0.4, -0.2) is 49.4 Å². The van der Waals surface area contributed by atoms with Crippen molar-refractivity contribution >= 4 is 17.8 Å². The lowest BCUT2D eigenvalue weighted by molar-refractivity contribution is -0.136. The first-order valence-corrected chi connectivity index (χ1v) is 5.47. The number of amides is 2. The Balaban J connectivity index is 4.64. The maximum absolute atomic E-state index is 11.3. The summed E-state index contributed by atoms with van der Waals surface area (Å²) in [5.74, 6) is -1.57. The lowest BCUT2D eigenvalue weighted by Gasteiger charge is -2.17. The highest BCUT2D eigenvalue weighted by Gasteiger charge is 2.12. The van der Waals surface area contributed by atoms with Crippen molar-refractivity contribution in [1.82, 2.24) is 4.90 Å². The normalized spacial score (nSPS) is 11.4. The topological polar surface area (TPSA) is 116 Å². The van der Waals surface area contributed by atoms with E-state index in [1.807, 2.05) is 0 Å². The van der Waals surface area contributed by atoms with Gasteiger partial charge in [0.2, 0.25) is 11.8 Å². The molecule has 0 saturated carbocycles. The Kier molecular flexibility index (Phi) is 7.37. The Labute approximate surface area is 106 Å². The highest BCUT2D eigenvalue weighted by Crippen LogP contribution is 2.03. The monoisotopic (exact) mass is 257 g/mol. The molecule has 7 nitrogen and oxygen atoms in total. The third kappa shape index (κ3) is 6.64. The largest absolute Gasteiger partial charge is 0.466 e. The van der Waals surface area contributed by atoms with Crippen molar-refractivity contribution in [3.05, 3.63) is 11.6 Å². The molecule has 0 aliphatic heterocycles. The van der Waals surface area contributed by atoms with Crippen molar-refractivity contribution in [1.29, 1.82) is 0 Å². The van der Waals surface area contributed by atoms with Crippen LogP contribution >= 0.6 is 0 Å². The molecule has 2 amide bonds. The molecule has 0 saturated heterocycles. The lowest BCUT2D eigenvalue weighted by atomic mass is 10.2. The van der Waals surface area contributed by atoms with Gasteiger partial charge < -0.3 is 16.2 Å². The molecule has 0 fully saturated rings. The van der Waals surface area contributed by atoms with Crippen LogP contribution < -0.4 is 11.5 Å². The van der Waals surface area contributed by atoms with Gasteiger partial charge >= 0.3 is 5.97 Å². The summed E-state index contributed by atoms with van der Waals surface area (Å²) in [5, 5.41) is 0. The molecule has 0 bridgehead atoms. The van der Waals surface area contributed by atoms with E-state index >= 15 is 0 Å². The third-order valence-corrected chi connectivity index (χ3v) is 2.18. The van der Waals surface area contributed by atoms with Gasteiger partial charge in [0.15, 0.2) is 0 Å². The first kappa shape index (κ1) is 16.1. The Morgan fingerprint density at radius 1 is 1.17 bits per heavy atom. The van der Waals surface area contributed by atoms with Crippen LogP contribution in [0, 0.1) is 0 Å². The maximum atomic E-state index is 11.3. The van der Waals surface area contributed by atoms with Crippen LogP contribution in [0.5, 0.6) is 0 Å². The fourth-order valence-corrected chi connectivity index (χ4v) is 1.37. The molecule has 0 unspecified atom stereocenters. The zero-order valence-corrected chi connectivity index (χ0v) is 10.6. The van der Waals surface area contributed by atoms with Crippen LogP contribution in [0.2, 0.25) is 0 Å². The summed E-state index contributed by atoms with van der Waals surface area (Å²) in [6, 6.07) is 0. The molecule has 0 heterocycles. The van der Waals surface area contributed by atoms with Crippen molar-refractivity contribution in [3.63, 3.8) is 0 Å². The van der Waals surface area contributed by atoms with Crippen molar-refractivity contribution in [2.75, 3.05) is 26.7 Å². The van der Waals surface area contributed by atoms with Crippen molar-refractivity contribution in [3.8, 4) is 0 Å². The predicted molar refractivity (Wildman–Crippen MR) is 65.2 cm³/mol. The number of nitrogens with two attached hydrogens (primary N) is 2. The Bertz CT molecular complexity index is 336. The van der Waals surface area contributed by atoms with Gasteiger partial charge in [-0.3, -0.25) is 14.5 Å². The summed E-state index contributed by atoms with van der Waals surface area (Å²) in [6.07, 6.45) is 2.09. The molecule has 18 heavy (non-hydrogen) atoms. The molecule has 0 atom stereocenters. The van der Waals surface area contributed by atoms with Crippen molar-refractivity contribution in [2.24, 2.45) is 11.5 Å². The number of carbonyl (C=O) groups is 3. The second kappa shape index (κ2) is 8.24. The number of hydrogen-bond acceptors (Lipinski definition) is 5. The van der Waals surface area contributed by atoms with E-state index < -0.39 is 17.8 Å². The summed E-state index contributed by atoms with van der Waals surface area (Å²) in [4.78, 5) is 34.4. The smallest absolute Gasteiger partial charge is 0.333 e. The highest BCUT2D eigenvalue weighted by atomic mass is 16.5. The van der Waals surface area contributed by atoms with Gasteiger partial charge in [0.05, 0.1) is 20.2 Å². The van der Waals surface area contributed by atoms with Crippen LogP contribution in [0.15, 0.2) is 11.6 Å². The van der Waals surface area contributed by atoms with E-state index in [1.165, 1.54) is 12.0 Å². The molecule has 0 aliphatic rings. The number of nitrogens with zero attached hydrogens (tertiary/aromatic N) is 1. The number of ether oxygens (including phenoxy) is 1. The van der Waals surface area contributed by atoms with Gasteiger partial charge in [0.1, 0.15) is 0 Å². The average Bonchev–Trinajstić information content (AvgIpc) is 2.27. The van der Waals surface area contributed by atoms with E-state index in [-0.39, 0.29) is 19.6 Å². The molecule has 0 spiro atoms. The van der Waals surface area contributed by atoms with Gasteiger partial charge in [-0.2, -0.15) is 0 Å². The van der Waals surface area contributed by atoms with Crippen LogP contribution in [0.1, 0.15) is 13.3 Å². The Morgan fingerprint density at radius 2 is 1.67 bits per heavy atom. The van der Waals surface area contributed by atoms with Gasteiger partial charge in [-0.1, -0.05) is 13.0 Å². The lowest BCUT2D eigenvalue weighted by Crippen LogP contribution is -2.39. The second-order valence-electron chi connectivity index (χ2n) is 3.68. The molecule has 0 aromatic rings. The van der Waals surface area contributed by atoms with Crippen LogP contribution in [0.3, 0.4) is 0 Å². The average molecular weight is 257 g/mol. The summed E-state index contributed by atoms with van der Waals surface area (Å²) >= 11 is 0. The molecular weight excluding hydrogens is 238 g/mol. The number of hydrogen-bond donors (Lipinski definition) is 2. The zero-order chi connectivity index (χ0) is 14.1. The number of methoxy groups -OCH3 is 1. The Morgan fingerprint density at radius 3 is 2.00 bits per heavy atom. The van der Waals surface area contributed by atoms with E-state index in [4.69, 9.17) is 11.5 Å². The first-order chi connectivity index (χ1) is 8.40. The molecule has 4 N–H and O–H groups in total. The van der Waals surface area contributed by atoms with E-state index in [0.717, 1.165) is 0 Å². The van der Waals surface area contributed by atoms with Gasteiger partial charge in [0, 0.05) is 12.1 Å². The fraction of sp³-hybridized carbons (Fsp3) is 0.545. The molecule has 7 heteroatoms. The van der Waals surface area contributed by atoms with Gasteiger partial charge in [0.25, 0.3) is 0 Å². The third-order valence-electron chi connectivity index (χ3n) is 2.18. The number of rotatable bonds is 8.